The van der Waals surface area contributed by atoms with Crippen LogP contribution in [0.2, 0.25) is 0 Å². The van der Waals surface area contributed by atoms with Crippen LogP contribution in [0.5, 0.6) is 5.75 Å². The molecule has 0 saturated heterocycles. The van der Waals surface area contributed by atoms with Crippen molar-refractivity contribution in [3.05, 3.63) is 46.1 Å². The number of ether oxygens (including phenoxy) is 1. The molecule has 0 saturated carbocycles. The standard InChI is InChI=1S/C18H16O6S/c1-9(2)23-11-7-13-16(19)12-6-10(18(20)21)4-5-14(12)24-17(13)15(8-11)25(3)22/h4-9H,1-3H3,(H,20,21). The number of carbonyl (C=O) groups is 1. The van der Waals surface area contributed by atoms with Crippen molar-refractivity contribution in [2.75, 3.05) is 6.26 Å². The first kappa shape index (κ1) is 17.3. The molecule has 0 aliphatic heterocycles. The second-order valence-electron chi connectivity index (χ2n) is 5.87. The molecule has 7 heteroatoms. The lowest BCUT2D eigenvalue weighted by molar-refractivity contribution is 0.0697. The number of hydrogen-bond donors (Lipinski definition) is 1. The van der Waals surface area contributed by atoms with Crippen molar-refractivity contribution in [1.29, 1.82) is 0 Å². The van der Waals surface area contributed by atoms with E-state index >= 15 is 0 Å². The van der Waals surface area contributed by atoms with Crippen molar-refractivity contribution >= 4 is 39.1 Å². The van der Waals surface area contributed by atoms with Gasteiger partial charge in [-0.15, -0.1) is 0 Å². The minimum absolute atomic E-state index is 0.00646. The first-order chi connectivity index (χ1) is 11.8. The first-order valence-electron chi connectivity index (χ1n) is 7.56. The van der Waals surface area contributed by atoms with Crippen LogP contribution in [0.25, 0.3) is 21.9 Å². The highest BCUT2D eigenvalue weighted by Gasteiger charge is 2.20. The zero-order chi connectivity index (χ0) is 18.3. The zero-order valence-electron chi connectivity index (χ0n) is 13.9. The number of hydrogen-bond acceptors (Lipinski definition) is 5. The summed E-state index contributed by atoms with van der Waals surface area (Å²) in [5, 5.41) is 9.48. The highest BCUT2D eigenvalue weighted by atomic mass is 32.2. The van der Waals surface area contributed by atoms with Gasteiger partial charge in [0.05, 0.1) is 22.4 Å². The topological polar surface area (TPSA) is 99.8 Å². The van der Waals surface area contributed by atoms with E-state index in [1.165, 1.54) is 30.5 Å². The molecule has 0 fully saturated rings. The Balaban J connectivity index is 2.40. The van der Waals surface area contributed by atoms with Gasteiger partial charge in [0.1, 0.15) is 17.6 Å². The third-order valence-corrected chi connectivity index (χ3v) is 4.56. The smallest absolute Gasteiger partial charge is 0.335 e. The van der Waals surface area contributed by atoms with Crippen molar-refractivity contribution < 1.29 is 23.6 Å². The van der Waals surface area contributed by atoms with Crippen LogP contribution in [-0.2, 0) is 11.2 Å². The minimum atomic E-state index is -1.40. The maximum atomic E-state index is 12.9. The molecule has 1 aromatic heterocycles. The van der Waals surface area contributed by atoms with Crippen LogP contribution in [0.1, 0.15) is 24.2 Å². The number of fused-ring (bicyclic) bond motifs is 2. The van der Waals surface area contributed by atoms with E-state index < -0.39 is 17.1 Å². The molecule has 0 spiro atoms. The molecule has 3 rings (SSSR count). The second-order valence-corrected chi connectivity index (χ2v) is 7.21. The molecule has 0 aliphatic carbocycles. The number of benzene rings is 2. The van der Waals surface area contributed by atoms with E-state index in [4.69, 9.17) is 14.3 Å². The van der Waals surface area contributed by atoms with E-state index in [2.05, 4.69) is 0 Å². The van der Waals surface area contributed by atoms with Gasteiger partial charge in [-0.25, -0.2) is 4.79 Å². The first-order valence-corrected chi connectivity index (χ1v) is 9.11. The molecule has 3 aromatic rings. The fraction of sp³-hybridized carbons (Fsp3) is 0.222. The summed E-state index contributed by atoms with van der Waals surface area (Å²) in [7, 11) is 0. The molecule has 2 aromatic carbocycles. The van der Waals surface area contributed by atoms with Crippen LogP contribution in [-0.4, -0.2) is 28.0 Å². The summed E-state index contributed by atoms with van der Waals surface area (Å²) in [5.41, 5.74) is 0.0672. The van der Waals surface area contributed by atoms with Crippen molar-refractivity contribution in [3.8, 4) is 5.75 Å². The van der Waals surface area contributed by atoms with Gasteiger partial charge >= 0.3 is 5.97 Å². The molecule has 1 unspecified atom stereocenters. The van der Waals surface area contributed by atoms with Gasteiger partial charge in [0.2, 0.25) is 5.43 Å². The van der Waals surface area contributed by atoms with Crippen molar-refractivity contribution in [3.63, 3.8) is 0 Å². The molecule has 1 N–H and O–H groups in total. The molecule has 1 atom stereocenters. The fourth-order valence-corrected chi connectivity index (χ4v) is 3.28. The highest BCUT2D eigenvalue weighted by molar-refractivity contribution is 7.91. The highest BCUT2D eigenvalue weighted by Crippen LogP contribution is 2.30. The average molecular weight is 360 g/mol. The lowest BCUT2D eigenvalue weighted by atomic mass is 10.1. The molecule has 0 radical (unpaired) electrons. The molecule has 1 heterocycles. The van der Waals surface area contributed by atoms with Crippen molar-refractivity contribution in [2.45, 2.75) is 24.8 Å². The largest absolute Gasteiger partial charge is 0.612 e. The van der Waals surface area contributed by atoms with E-state index in [9.17, 15) is 14.1 Å². The van der Waals surface area contributed by atoms with E-state index in [-0.39, 0.29) is 39.0 Å². The Bertz CT molecular complexity index is 1040. The molecular formula is C18H16O6S. The molecule has 0 amide bonds. The van der Waals surface area contributed by atoms with Gasteiger partial charge < -0.3 is 18.8 Å². The SMILES string of the molecule is CC(C)Oc1cc([S+](C)[O-])c2oc3ccc(C(=O)O)cc3c(=O)c2c1. The van der Waals surface area contributed by atoms with Gasteiger partial charge in [-0.05, 0) is 49.3 Å². The Labute approximate surface area is 146 Å². The normalized spacial score (nSPS) is 12.7. The summed E-state index contributed by atoms with van der Waals surface area (Å²) in [6.45, 7) is 3.68. The van der Waals surface area contributed by atoms with E-state index in [0.717, 1.165) is 0 Å². The van der Waals surface area contributed by atoms with Crippen molar-refractivity contribution in [1.82, 2.24) is 0 Å². The average Bonchev–Trinajstić information content (AvgIpc) is 2.54. The predicted octanol–water partition coefficient (Wildman–Crippen LogP) is 3.17. The molecule has 25 heavy (non-hydrogen) atoms. The Morgan fingerprint density at radius 3 is 2.56 bits per heavy atom. The second kappa shape index (κ2) is 6.42. The monoisotopic (exact) mass is 360 g/mol. The Morgan fingerprint density at radius 1 is 1.24 bits per heavy atom. The van der Waals surface area contributed by atoms with Crippen LogP contribution >= 0.6 is 0 Å². The quantitative estimate of drug-likeness (QED) is 0.567. The third-order valence-electron chi connectivity index (χ3n) is 3.64. The maximum absolute atomic E-state index is 12.9. The van der Waals surface area contributed by atoms with Gasteiger partial charge in [-0.1, -0.05) is 0 Å². The molecule has 6 nitrogen and oxygen atoms in total. The Kier molecular flexibility index (Phi) is 4.45. The summed E-state index contributed by atoms with van der Waals surface area (Å²) in [5.74, 6) is -0.720. The number of carboxylic acids is 1. The number of rotatable bonds is 4. The molecule has 0 bridgehead atoms. The number of aromatic carboxylic acids is 1. The maximum Gasteiger partial charge on any atom is 0.335 e. The fourth-order valence-electron chi connectivity index (χ4n) is 2.59. The molecular weight excluding hydrogens is 344 g/mol. The van der Waals surface area contributed by atoms with Gasteiger partial charge in [0.25, 0.3) is 0 Å². The summed E-state index contributed by atoms with van der Waals surface area (Å²) in [4.78, 5) is 24.4. The van der Waals surface area contributed by atoms with Gasteiger partial charge in [-0.3, -0.25) is 4.79 Å². The van der Waals surface area contributed by atoms with Gasteiger partial charge in [-0.2, -0.15) is 0 Å². The van der Waals surface area contributed by atoms with E-state index in [0.29, 0.717) is 10.6 Å². The predicted molar refractivity (Wildman–Crippen MR) is 95.0 cm³/mol. The zero-order valence-corrected chi connectivity index (χ0v) is 14.7. The van der Waals surface area contributed by atoms with Crippen LogP contribution in [0.4, 0.5) is 0 Å². The van der Waals surface area contributed by atoms with Gasteiger partial charge in [0, 0.05) is 6.07 Å². The van der Waals surface area contributed by atoms with Gasteiger partial charge in [0.15, 0.2) is 10.5 Å². The van der Waals surface area contributed by atoms with Crippen LogP contribution in [0.15, 0.2) is 44.4 Å². The summed E-state index contributed by atoms with van der Waals surface area (Å²) in [6, 6.07) is 7.20. The van der Waals surface area contributed by atoms with Crippen molar-refractivity contribution in [2.24, 2.45) is 0 Å². The Hall–Kier alpha value is -2.51. The molecule has 0 aliphatic rings. The van der Waals surface area contributed by atoms with E-state index in [1.54, 1.807) is 6.07 Å². The summed E-state index contributed by atoms with van der Waals surface area (Å²) < 4.78 is 23.5. The van der Waals surface area contributed by atoms with E-state index in [1.807, 2.05) is 13.8 Å². The molecule has 130 valence electrons. The Morgan fingerprint density at radius 2 is 1.96 bits per heavy atom. The van der Waals surface area contributed by atoms with Crippen LogP contribution in [0.3, 0.4) is 0 Å². The number of carboxylic acid groups (broad SMARTS) is 1. The lowest BCUT2D eigenvalue weighted by Gasteiger charge is -2.13. The summed E-state index contributed by atoms with van der Waals surface area (Å²) in [6.07, 6.45) is 1.37. The van der Waals surface area contributed by atoms with Crippen LogP contribution in [0, 0.1) is 0 Å². The van der Waals surface area contributed by atoms with Crippen LogP contribution < -0.4 is 10.2 Å². The lowest BCUT2D eigenvalue weighted by Crippen LogP contribution is -2.10. The minimum Gasteiger partial charge on any atom is -0.612 e. The third kappa shape index (κ3) is 3.20. The summed E-state index contributed by atoms with van der Waals surface area (Å²) >= 11 is -1.40.